The molecule has 3 fully saturated rings. The second-order valence-electron chi connectivity index (χ2n) is 11.9. The number of piperidine rings is 1. The molecule has 0 spiro atoms. The summed E-state index contributed by atoms with van der Waals surface area (Å²) in [7, 11) is 0. The monoisotopic (exact) mass is 539 g/mol. The van der Waals surface area contributed by atoms with Gasteiger partial charge in [-0.2, -0.15) is 0 Å². The van der Waals surface area contributed by atoms with Gasteiger partial charge in [-0.05, 0) is 79.0 Å². The van der Waals surface area contributed by atoms with Gasteiger partial charge in [0.1, 0.15) is 18.2 Å². The van der Waals surface area contributed by atoms with Gasteiger partial charge in [0.05, 0.1) is 11.1 Å². The second-order valence-corrected chi connectivity index (χ2v) is 11.9. The van der Waals surface area contributed by atoms with Crippen molar-refractivity contribution in [3.8, 4) is 17.0 Å². The number of hydrogen-bond acceptors (Lipinski definition) is 6. The van der Waals surface area contributed by atoms with Crippen molar-refractivity contribution in [2.75, 3.05) is 37.7 Å². The lowest BCUT2D eigenvalue weighted by Gasteiger charge is -2.37. The number of carboxylic acids is 1. The normalized spacial score (nSPS) is 24.7. The number of carboxylic acid groups (broad SMARTS) is 1. The van der Waals surface area contributed by atoms with E-state index in [0.29, 0.717) is 19.1 Å². The van der Waals surface area contributed by atoms with E-state index >= 15 is 0 Å². The van der Waals surface area contributed by atoms with Crippen molar-refractivity contribution in [3.05, 3.63) is 77.4 Å². The quantitative estimate of drug-likeness (QED) is 0.444. The van der Waals surface area contributed by atoms with Crippen molar-refractivity contribution in [3.63, 3.8) is 0 Å². The van der Waals surface area contributed by atoms with Crippen molar-refractivity contribution in [2.45, 2.75) is 51.3 Å². The third kappa shape index (κ3) is 4.86. The van der Waals surface area contributed by atoms with Crippen LogP contribution in [0.4, 0.5) is 5.82 Å². The molecule has 2 aromatic carbocycles. The Balaban J connectivity index is 1.03. The topological polar surface area (TPSA) is 75.1 Å². The molecule has 0 amide bonds. The molecule has 2 saturated heterocycles. The summed E-state index contributed by atoms with van der Waals surface area (Å²) in [5.74, 6) is 1.31. The summed E-state index contributed by atoms with van der Waals surface area (Å²) in [6.07, 6.45) is 4.84. The Kier molecular flexibility index (Phi) is 6.72. The molecule has 4 heterocycles. The molecule has 1 saturated carbocycles. The number of benzene rings is 2. The number of para-hydroxylation sites is 1. The third-order valence-corrected chi connectivity index (χ3v) is 9.56. The molecule has 40 heavy (non-hydrogen) atoms. The summed E-state index contributed by atoms with van der Waals surface area (Å²) in [6, 6.07) is 21.7. The van der Waals surface area contributed by atoms with Gasteiger partial charge in [0.2, 0.25) is 0 Å². The van der Waals surface area contributed by atoms with E-state index in [9.17, 15) is 9.90 Å². The average Bonchev–Trinajstić information content (AvgIpc) is 3.76. The fourth-order valence-electron chi connectivity index (χ4n) is 6.99. The summed E-state index contributed by atoms with van der Waals surface area (Å²) in [5, 5.41) is 9.62. The van der Waals surface area contributed by atoms with E-state index in [0.717, 1.165) is 87.9 Å². The van der Waals surface area contributed by atoms with Gasteiger partial charge in [-0.25, -0.2) is 4.98 Å². The van der Waals surface area contributed by atoms with Gasteiger partial charge in [-0.1, -0.05) is 36.4 Å². The molecule has 1 aliphatic carbocycles. The molecule has 7 nitrogen and oxygen atoms in total. The van der Waals surface area contributed by atoms with E-state index < -0.39 is 11.4 Å². The van der Waals surface area contributed by atoms with Gasteiger partial charge in [0.25, 0.3) is 0 Å². The maximum atomic E-state index is 11.7. The number of nitrogens with zero attached hydrogens (tertiary/aromatic N) is 3. The summed E-state index contributed by atoms with van der Waals surface area (Å²) in [6.45, 7) is 5.91. The molecule has 7 rings (SSSR count). The number of aromatic nitrogens is 1. The first-order valence-electron chi connectivity index (χ1n) is 14.7. The first-order chi connectivity index (χ1) is 19.6. The highest BCUT2D eigenvalue weighted by molar-refractivity contribution is 5.79. The zero-order valence-corrected chi connectivity index (χ0v) is 22.9. The Hall–Kier alpha value is -3.42. The van der Waals surface area contributed by atoms with Crippen molar-refractivity contribution in [1.29, 1.82) is 0 Å². The van der Waals surface area contributed by atoms with Gasteiger partial charge < -0.3 is 19.5 Å². The van der Waals surface area contributed by atoms with E-state index in [1.807, 2.05) is 36.4 Å². The van der Waals surface area contributed by atoms with Crippen LogP contribution < -0.4 is 9.64 Å². The summed E-state index contributed by atoms with van der Waals surface area (Å²) in [5.41, 5.74) is 5.42. The van der Waals surface area contributed by atoms with Crippen LogP contribution in [-0.2, 0) is 29.1 Å². The van der Waals surface area contributed by atoms with E-state index in [1.165, 1.54) is 16.7 Å². The second kappa shape index (κ2) is 10.5. The minimum Gasteiger partial charge on any atom is -0.488 e. The fourth-order valence-corrected chi connectivity index (χ4v) is 6.99. The van der Waals surface area contributed by atoms with Gasteiger partial charge in [0, 0.05) is 51.0 Å². The van der Waals surface area contributed by atoms with Crippen LogP contribution in [0.2, 0.25) is 0 Å². The molecule has 0 unspecified atom stereocenters. The van der Waals surface area contributed by atoms with Crippen LogP contribution >= 0.6 is 0 Å². The number of hydrogen-bond donors (Lipinski definition) is 1. The van der Waals surface area contributed by atoms with E-state index in [1.54, 1.807) is 0 Å². The molecule has 4 aliphatic rings. The molecular weight excluding hydrogens is 502 g/mol. The predicted octanol–water partition coefficient (Wildman–Crippen LogP) is 5.17. The number of rotatable bonds is 7. The van der Waals surface area contributed by atoms with Crippen LogP contribution in [0.5, 0.6) is 5.75 Å². The minimum atomic E-state index is -0.638. The van der Waals surface area contributed by atoms with Crippen LogP contribution in [0.15, 0.2) is 60.7 Å². The Morgan fingerprint density at radius 1 is 1.05 bits per heavy atom. The predicted molar refractivity (Wildman–Crippen MR) is 153 cm³/mol. The maximum Gasteiger partial charge on any atom is 0.310 e. The lowest BCUT2D eigenvalue weighted by molar-refractivity contribution is -0.144. The highest BCUT2D eigenvalue weighted by atomic mass is 16.5. The van der Waals surface area contributed by atoms with Crippen LogP contribution in [0.3, 0.4) is 0 Å². The Morgan fingerprint density at radius 2 is 1.93 bits per heavy atom. The maximum absolute atomic E-state index is 11.7. The van der Waals surface area contributed by atoms with E-state index in [-0.39, 0.29) is 5.92 Å². The van der Waals surface area contributed by atoms with Crippen molar-refractivity contribution in [2.24, 2.45) is 11.3 Å². The SMILES string of the molecule is O=C(O)[C@@]12CCN(c3cccc(-c4ccccc4OCc4ccc5c(c4)CCN(C4CCOCC4)C5)n3)C[C@@H]1C2. The van der Waals surface area contributed by atoms with Gasteiger partial charge in [-0.3, -0.25) is 9.69 Å². The standard InChI is InChI=1S/C33H37N3O4/c37-32(38)33-13-15-36(21-26(33)19-33)31-7-3-5-29(34-31)28-4-1-2-6-30(28)40-22-23-8-9-25-20-35(14-10-24(25)18-23)27-11-16-39-17-12-27/h1-9,18,26-27H,10-17,19-22H2,(H,37,38)/t26-,33+/m0/s1. The van der Waals surface area contributed by atoms with Crippen LogP contribution in [0, 0.1) is 11.3 Å². The first-order valence-corrected chi connectivity index (χ1v) is 14.7. The van der Waals surface area contributed by atoms with Gasteiger partial charge in [-0.15, -0.1) is 0 Å². The first kappa shape index (κ1) is 25.5. The number of ether oxygens (including phenoxy) is 2. The van der Waals surface area contributed by atoms with E-state index in [4.69, 9.17) is 14.5 Å². The highest BCUT2D eigenvalue weighted by Crippen LogP contribution is 2.58. The number of aliphatic carboxylic acids is 1. The fraction of sp³-hybridized carbons (Fsp3) is 0.455. The largest absolute Gasteiger partial charge is 0.488 e. The Labute approximate surface area is 235 Å². The summed E-state index contributed by atoms with van der Waals surface area (Å²) < 4.78 is 12.0. The van der Waals surface area contributed by atoms with Crippen LogP contribution in [0.25, 0.3) is 11.3 Å². The molecule has 3 aromatic rings. The van der Waals surface area contributed by atoms with Crippen molar-refractivity contribution < 1.29 is 19.4 Å². The molecule has 1 aromatic heterocycles. The molecular formula is C33H37N3O4. The van der Waals surface area contributed by atoms with Crippen molar-refractivity contribution >= 4 is 11.8 Å². The molecule has 7 heteroatoms. The molecule has 2 atom stereocenters. The lowest BCUT2D eigenvalue weighted by Crippen LogP contribution is -2.42. The smallest absolute Gasteiger partial charge is 0.310 e. The number of carbonyl (C=O) groups is 1. The highest BCUT2D eigenvalue weighted by Gasteiger charge is 2.62. The zero-order valence-electron chi connectivity index (χ0n) is 22.9. The van der Waals surface area contributed by atoms with Crippen LogP contribution in [-0.4, -0.2) is 59.8 Å². The third-order valence-electron chi connectivity index (χ3n) is 9.56. The van der Waals surface area contributed by atoms with E-state index in [2.05, 4.69) is 34.1 Å². The lowest BCUT2D eigenvalue weighted by atomic mass is 9.95. The van der Waals surface area contributed by atoms with Crippen LogP contribution in [0.1, 0.15) is 42.4 Å². The summed E-state index contributed by atoms with van der Waals surface area (Å²) >= 11 is 0. The molecule has 208 valence electrons. The zero-order chi connectivity index (χ0) is 27.1. The molecule has 3 aliphatic heterocycles. The minimum absolute atomic E-state index is 0.223. The number of fused-ring (bicyclic) bond motifs is 2. The number of anilines is 1. The average molecular weight is 540 g/mol. The Bertz CT molecular complexity index is 1400. The molecule has 1 N–H and O–H groups in total. The summed E-state index contributed by atoms with van der Waals surface area (Å²) in [4.78, 5) is 21.6. The molecule has 0 radical (unpaired) electrons. The number of pyridine rings is 1. The molecule has 0 bridgehead atoms. The Morgan fingerprint density at radius 3 is 2.77 bits per heavy atom. The van der Waals surface area contributed by atoms with Crippen molar-refractivity contribution in [1.82, 2.24) is 9.88 Å². The van der Waals surface area contributed by atoms with Gasteiger partial charge in [0.15, 0.2) is 0 Å². The van der Waals surface area contributed by atoms with Gasteiger partial charge >= 0.3 is 5.97 Å².